The summed E-state index contributed by atoms with van der Waals surface area (Å²) in [6, 6.07) is 0. The number of anilines is 1. The van der Waals surface area contributed by atoms with E-state index in [1.54, 1.807) is 22.7 Å². The molecule has 0 fully saturated rings. The largest absolute Gasteiger partial charge is 0.355 e. The van der Waals surface area contributed by atoms with Crippen LogP contribution in [0.2, 0.25) is 0 Å². The molecule has 0 spiro atoms. The molecule has 4 nitrogen and oxygen atoms in total. The van der Waals surface area contributed by atoms with Crippen molar-refractivity contribution in [2.24, 2.45) is 5.92 Å². The van der Waals surface area contributed by atoms with Gasteiger partial charge in [0.1, 0.15) is 5.01 Å². The number of nitrogens with zero attached hydrogens (tertiary/aromatic N) is 3. The van der Waals surface area contributed by atoms with Gasteiger partial charge >= 0.3 is 0 Å². The Morgan fingerprint density at radius 3 is 2.76 bits per heavy atom. The highest BCUT2D eigenvalue weighted by Crippen LogP contribution is 2.20. The highest BCUT2D eigenvalue weighted by atomic mass is 32.1. The van der Waals surface area contributed by atoms with Crippen molar-refractivity contribution in [3.8, 4) is 0 Å². The second-order valence-corrected chi connectivity index (χ2v) is 6.68. The molecule has 2 aromatic heterocycles. The van der Waals surface area contributed by atoms with Gasteiger partial charge in [-0.25, -0.2) is 4.98 Å². The molecule has 17 heavy (non-hydrogen) atoms. The van der Waals surface area contributed by atoms with Crippen molar-refractivity contribution < 1.29 is 0 Å². The van der Waals surface area contributed by atoms with E-state index in [1.807, 2.05) is 13.1 Å². The highest BCUT2D eigenvalue weighted by Gasteiger charge is 2.06. The van der Waals surface area contributed by atoms with Crippen molar-refractivity contribution in [2.45, 2.75) is 33.7 Å². The van der Waals surface area contributed by atoms with Crippen molar-refractivity contribution in [1.29, 1.82) is 0 Å². The molecule has 0 amide bonds. The van der Waals surface area contributed by atoms with Crippen LogP contribution in [0.15, 0.2) is 6.20 Å². The van der Waals surface area contributed by atoms with Crippen molar-refractivity contribution in [3.63, 3.8) is 0 Å². The first-order valence-electron chi connectivity index (χ1n) is 5.61. The van der Waals surface area contributed by atoms with E-state index < -0.39 is 0 Å². The average Bonchev–Trinajstić information content (AvgIpc) is 2.84. The minimum atomic E-state index is 0.625. The van der Waals surface area contributed by atoms with Crippen molar-refractivity contribution in [3.05, 3.63) is 21.1 Å². The van der Waals surface area contributed by atoms with Gasteiger partial charge in [0, 0.05) is 17.5 Å². The quantitative estimate of drug-likeness (QED) is 0.905. The Morgan fingerprint density at radius 1 is 1.29 bits per heavy atom. The number of aryl methyl sites for hydroxylation is 1. The Labute approximate surface area is 109 Å². The zero-order valence-electron chi connectivity index (χ0n) is 10.2. The van der Waals surface area contributed by atoms with Crippen LogP contribution in [-0.2, 0) is 13.0 Å². The van der Waals surface area contributed by atoms with E-state index in [2.05, 4.69) is 34.3 Å². The monoisotopic (exact) mass is 268 g/mol. The number of nitrogens with one attached hydrogen (secondary N) is 1. The van der Waals surface area contributed by atoms with Gasteiger partial charge in [-0.3, -0.25) is 0 Å². The standard InChI is InChI=1S/C11H16N4S2/c1-7(2)4-10-14-15-11(17-10)13-6-9-5-12-8(3)16-9/h5,7H,4,6H2,1-3H3,(H,13,15). The first-order chi connectivity index (χ1) is 8.13. The van der Waals surface area contributed by atoms with Gasteiger partial charge in [0.25, 0.3) is 0 Å². The van der Waals surface area contributed by atoms with Crippen molar-refractivity contribution in [1.82, 2.24) is 15.2 Å². The Hall–Kier alpha value is -1.01. The molecule has 0 aliphatic rings. The summed E-state index contributed by atoms with van der Waals surface area (Å²) in [5, 5.41) is 14.7. The summed E-state index contributed by atoms with van der Waals surface area (Å²) in [5.41, 5.74) is 0. The second kappa shape index (κ2) is 5.55. The summed E-state index contributed by atoms with van der Waals surface area (Å²) in [6.45, 7) is 7.17. The van der Waals surface area contributed by atoms with Crippen LogP contribution >= 0.6 is 22.7 Å². The van der Waals surface area contributed by atoms with Gasteiger partial charge in [0.15, 0.2) is 0 Å². The molecule has 0 atom stereocenters. The topological polar surface area (TPSA) is 50.7 Å². The predicted molar refractivity (Wildman–Crippen MR) is 72.6 cm³/mol. The minimum absolute atomic E-state index is 0.625. The fourth-order valence-electron chi connectivity index (χ4n) is 1.41. The molecule has 0 radical (unpaired) electrons. The zero-order valence-corrected chi connectivity index (χ0v) is 11.9. The van der Waals surface area contributed by atoms with Crippen LogP contribution in [0.4, 0.5) is 5.13 Å². The summed E-state index contributed by atoms with van der Waals surface area (Å²) < 4.78 is 0. The Bertz CT molecular complexity index is 475. The average molecular weight is 268 g/mol. The molecular formula is C11H16N4S2. The van der Waals surface area contributed by atoms with Gasteiger partial charge in [-0.1, -0.05) is 25.2 Å². The SMILES string of the molecule is Cc1ncc(CNc2nnc(CC(C)C)s2)s1. The first-order valence-corrected chi connectivity index (χ1v) is 7.24. The maximum Gasteiger partial charge on any atom is 0.205 e. The van der Waals surface area contributed by atoms with Crippen molar-refractivity contribution >= 4 is 27.8 Å². The highest BCUT2D eigenvalue weighted by molar-refractivity contribution is 7.15. The fraction of sp³-hybridized carbons (Fsp3) is 0.545. The molecule has 0 aromatic carbocycles. The molecule has 0 aliphatic carbocycles. The third kappa shape index (κ3) is 3.74. The molecule has 6 heteroatoms. The van der Waals surface area contributed by atoms with Crippen LogP contribution in [0, 0.1) is 12.8 Å². The lowest BCUT2D eigenvalue weighted by molar-refractivity contribution is 0.640. The van der Waals surface area contributed by atoms with E-state index in [-0.39, 0.29) is 0 Å². The number of thiazole rings is 1. The summed E-state index contributed by atoms with van der Waals surface area (Å²) in [6.07, 6.45) is 2.90. The van der Waals surface area contributed by atoms with Crippen LogP contribution in [-0.4, -0.2) is 15.2 Å². The predicted octanol–water partition coefficient (Wildman–Crippen LogP) is 3.11. The maximum absolute atomic E-state index is 4.22. The lowest BCUT2D eigenvalue weighted by Gasteiger charge is -1.98. The van der Waals surface area contributed by atoms with Crippen LogP contribution in [0.25, 0.3) is 0 Å². The molecule has 0 aliphatic heterocycles. The second-order valence-electron chi connectivity index (χ2n) is 4.30. The number of aromatic nitrogens is 3. The van der Waals surface area contributed by atoms with Crippen LogP contribution in [0.1, 0.15) is 28.7 Å². The van der Waals surface area contributed by atoms with Gasteiger partial charge in [-0.05, 0) is 12.8 Å². The van der Waals surface area contributed by atoms with Gasteiger partial charge in [0.05, 0.1) is 11.6 Å². The molecule has 0 saturated heterocycles. The summed E-state index contributed by atoms with van der Waals surface area (Å²) >= 11 is 3.35. The van der Waals surface area contributed by atoms with Crippen LogP contribution < -0.4 is 5.32 Å². The summed E-state index contributed by atoms with van der Waals surface area (Å²) in [4.78, 5) is 5.44. The molecule has 2 heterocycles. The normalized spacial score (nSPS) is 11.1. The lowest BCUT2D eigenvalue weighted by atomic mass is 10.1. The third-order valence-electron chi connectivity index (χ3n) is 2.13. The molecule has 92 valence electrons. The Morgan fingerprint density at radius 2 is 2.12 bits per heavy atom. The molecular weight excluding hydrogens is 252 g/mol. The van der Waals surface area contributed by atoms with E-state index in [0.717, 1.165) is 28.1 Å². The minimum Gasteiger partial charge on any atom is -0.355 e. The van der Waals surface area contributed by atoms with Gasteiger partial charge in [-0.15, -0.1) is 21.5 Å². The fourth-order valence-corrected chi connectivity index (χ4v) is 3.09. The van der Waals surface area contributed by atoms with Crippen molar-refractivity contribution in [2.75, 3.05) is 5.32 Å². The molecule has 0 unspecified atom stereocenters. The van der Waals surface area contributed by atoms with E-state index in [9.17, 15) is 0 Å². The maximum atomic E-state index is 4.22. The number of hydrogen-bond donors (Lipinski definition) is 1. The van der Waals surface area contributed by atoms with E-state index in [1.165, 1.54) is 4.88 Å². The van der Waals surface area contributed by atoms with Gasteiger partial charge < -0.3 is 5.32 Å². The molecule has 1 N–H and O–H groups in total. The smallest absolute Gasteiger partial charge is 0.205 e. The Balaban J connectivity index is 1.89. The van der Waals surface area contributed by atoms with E-state index >= 15 is 0 Å². The summed E-state index contributed by atoms with van der Waals surface area (Å²) in [7, 11) is 0. The summed E-state index contributed by atoms with van der Waals surface area (Å²) in [5.74, 6) is 0.625. The van der Waals surface area contributed by atoms with Gasteiger partial charge in [-0.2, -0.15) is 0 Å². The molecule has 2 rings (SSSR count). The van der Waals surface area contributed by atoms with Crippen LogP contribution in [0.3, 0.4) is 0 Å². The van der Waals surface area contributed by atoms with E-state index in [0.29, 0.717) is 5.92 Å². The zero-order chi connectivity index (χ0) is 12.3. The van der Waals surface area contributed by atoms with Crippen LogP contribution in [0.5, 0.6) is 0 Å². The lowest BCUT2D eigenvalue weighted by Crippen LogP contribution is -1.96. The Kier molecular flexibility index (Phi) is 4.06. The third-order valence-corrected chi connectivity index (χ3v) is 3.95. The number of rotatable bonds is 5. The van der Waals surface area contributed by atoms with Gasteiger partial charge in [0.2, 0.25) is 5.13 Å². The number of hydrogen-bond acceptors (Lipinski definition) is 6. The molecule has 0 saturated carbocycles. The molecule has 0 bridgehead atoms. The van der Waals surface area contributed by atoms with E-state index in [4.69, 9.17) is 0 Å². The molecule has 2 aromatic rings. The first kappa shape index (κ1) is 12.4.